The van der Waals surface area contributed by atoms with Crippen LogP contribution >= 0.6 is 0 Å². The van der Waals surface area contributed by atoms with Crippen LogP contribution in [0.25, 0.3) is 76.4 Å². The van der Waals surface area contributed by atoms with Crippen molar-refractivity contribution in [1.29, 1.82) is 0 Å². The molecule has 8 aromatic rings. The molecule has 3 heteroatoms. The zero-order chi connectivity index (χ0) is 31.2. The molecular formula is C43H32N2O. The van der Waals surface area contributed by atoms with E-state index in [0.717, 1.165) is 45.1 Å². The maximum atomic E-state index is 14.0. The van der Waals surface area contributed by atoms with Gasteiger partial charge in [0, 0.05) is 29.7 Å². The van der Waals surface area contributed by atoms with Crippen LogP contribution in [0.4, 0.5) is 0 Å². The highest BCUT2D eigenvalue weighted by atomic mass is 16.1. The first-order valence-corrected chi connectivity index (χ1v) is 15.8. The van der Waals surface area contributed by atoms with Crippen LogP contribution in [0.5, 0.6) is 0 Å². The fourth-order valence-electron chi connectivity index (χ4n) is 6.95. The molecule has 7 aromatic carbocycles. The lowest BCUT2D eigenvalue weighted by Crippen LogP contribution is -2.19. The molecule has 0 radical (unpaired) electrons. The monoisotopic (exact) mass is 592 g/mol. The van der Waals surface area contributed by atoms with Crippen LogP contribution in [-0.2, 0) is 0 Å². The van der Waals surface area contributed by atoms with Crippen molar-refractivity contribution >= 4 is 65.8 Å². The van der Waals surface area contributed by atoms with Crippen LogP contribution in [0.1, 0.15) is 18.9 Å². The average molecular weight is 593 g/mol. The number of aromatic nitrogens is 1. The summed E-state index contributed by atoms with van der Waals surface area (Å²) in [5.74, 6) is 0. The number of aliphatic imine (C=N–C) groups is 1. The first-order chi connectivity index (χ1) is 22.6. The molecule has 0 amide bonds. The number of pyridine rings is 1. The number of rotatable bonds is 5. The molecule has 8 rings (SSSR count). The van der Waals surface area contributed by atoms with Gasteiger partial charge in [0.15, 0.2) is 0 Å². The molecule has 0 aliphatic heterocycles. The van der Waals surface area contributed by atoms with E-state index in [-0.39, 0.29) is 5.56 Å². The van der Waals surface area contributed by atoms with E-state index in [4.69, 9.17) is 0 Å². The van der Waals surface area contributed by atoms with E-state index < -0.39 is 0 Å². The lowest BCUT2D eigenvalue weighted by molar-refractivity contribution is 1.06. The van der Waals surface area contributed by atoms with Crippen LogP contribution in [0.3, 0.4) is 0 Å². The van der Waals surface area contributed by atoms with Gasteiger partial charge in [-0.25, -0.2) is 0 Å². The van der Waals surface area contributed by atoms with Gasteiger partial charge in [-0.15, -0.1) is 0 Å². The SMILES string of the molecule is CC/C=C(\C=NC)c1ccc(-n2c(=O)c3ccccc3c3cc(-c4cccc5c4ccc4cc6ccccc6cc45)ccc32)cc1. The number of allylic oxidation sites excluding steroid dienone is 2. The topological polar surface area (TPSA) is 34.4 Å². The summed E-state index contributed by atoms with van der Waals surface area (Å²) in [6.45, 7) is 2.12. The van der Waals surface area contributed by atoms with Gasteiger partial charge in [-0.3, -0.25) is 14.4 Å². The third kappa shape index (κ3) is 4.52. The van der Waals surface area contributed by atoms with Gasteiger partial charge in [0.2, 0.25) is 0 Å². The van der Waals surface area contributed by atoms with Gasteiger partial charge in [-0.2, -0.15) is 0 Å². The summed E-state index contributed by atoms with van der Waals surface area (Å²) in [4.78, 5) is 18.3. The quantitative estimate of drug-likeness (QED) is 0.111. The number of hydrogen-bond donors (Lipinski definition) is 0. The largest absolute Gasteiger partial charge is 0.296 e. The fourth-order valence-corrected chi connectivity index (χ4v) is 6.95. The molecule has 0 saturated heterocycles. The minimum absolute atomic E-state index is 0.0214. The molecule has 0 saturated carbocycles. The van der Waals surface area contributed by atoms with Crippen molar-refractivity contribution in [2.24, 2.45) is 4.99 Å². The Morgan fingerprint density at radius 2 is 1.35 bits per heavy atom. The Bertz CT molecular complexity index is 2590. The summed E-state index contributed by atoms with van der Waals surface area (Å²) in [6, 6.07) is 46.9. The molecular weight excluding hydrogens is 560 g/mol. The van der Waals surface area contributed by atoms with Gasteiger partial charge in [0.05, 0.1) is 5.52 Å². The predicted octanol–water partition coefficient (Wildman–Crippen LogP) is 10.8. The maximum Gasteiger partial charge on any atom is 0.263 e. The van der Waals surface area contributed by atoms with E-state index in [0.29, 0.717) is 5.39 Å². The zero-order valence-electron chi connectivity index (χ0n) is 25.9. The minimum Gasteiger partial charge on any atom is -0.296 e. The molecule has 1 heterocycles. The van der Waals surface area contributed by atoms with Gasteiger partial charge >= 0.3 is 0 Å². The van der Waals surface area contributed by atoms with Crippen molar-refractivity contribution in [1.82, 2.24) is 4.57 Å². The lowest BCUT2D eigenvalue weighted by Gasteiger charge is -2.16. The normalized spacial score (nSPS) is 12.3. The van der Waals surface area contributed by atoms with E-state index in [1.54, 1.807) is 7.05 Å². The fraction of sp³-hybridized carbons (Fsp3) is 0.0698. The first-order valence-electron chi connectivity index (χ1n) is 15.8. The van der Waals surface area contributed by atoms with Gasteiger partial charge in [-0.05, 0) is 109 Å². The smallest absolute Gasteiger partial charge is 0.263 e. The minimum atomic E-state index is -0.0214. The first kappa shape index (κ1) is 27.7. The van der Waals surface area contributed by atoms with E-state index in [1.165, 1.54) is 37.9 Å². The molecule has 3 nitrogen and oxygen atoms in total. The Labute approximate surface area is 267 Å². The Balaban J connectivity index is 1.34. The number of nitrogens with zero attached hydrogens (tertiary/aromatic N) is 2. The number of fused-ring (bicyclic) bond motifs is 7. The van der Waals surface area contributed by atoms with Crippen molar-refractivity contribution in [3.63, 3.8) is 0 Å². The lowest BCUT2D eigenvalue weighted by atomic mass is 9.92. The molecule has 0 spiro atoms. The molecule has 0 N–H and O–H groups in total. The maximum absolute atomic E-state index is 14.0. The van der Waals surface area contributed by atoms with Crippen LogP contribution in [0, 0.1) is 0 Å². The average Bonchev–Trinajstić information content (AvgIpc) is 3.10. The number of benzene rings is 7. The molecule has 1 aromatic heterocycles. The summed E-state index contributed by atoms with van der Waals surface area (Å²) in [6.07, 6.45) is 4.97. The molecule has 0 bridgehead atoms. The third-order valence-electron chi connectivity index (χ3n) is 9.09. The van der Waals surface area contributed by atoms with Crippen molar-refractivity contribution in [2.45, 2.75) is 13.3 Å². The molecule has 220 valence electrons. The standard InChI is InChI=1S/C43H32N2O/c1-3-9-33(27-44-2)28-16-20-34(21-17-28)45-42-23-19-32(26-41(42)37-12-6-7-13-39(37)43(45)46)35-14-8-15-36-38(35)22-18-31-24-29-10-4-5-11-30(29)25-40(31)36/h4-27H,3H2,1-2H3/b33-9+,44-27?. The van der Waals surface area contributed by atoms with Crippen molar-refractivity contribution < 1.29 is 0 Å². The van der Waals surface area contributed by atoms with Crippen LogP contribution < -0.4 is 5.56 Å². The molecule has 46 heavy (non-hydrogen) atoms. The van der Waals surface area contributed by atoms with Crippen molar-refractivity contribution in [3.8, 4) is 16.8 Å². The highest BCUT2D eigenvalue weighted by Gasteiger charge is 2.15. The summed E-state index contributed by atoms with van der Waals surface area (Å²) in [5, 5.41) is 10.1. The van der Waals surface area contributed by atoms with E-state index in [2.05, 4.69) is 121 Å². The van der Waals surface area contributed by atoms with E-state index in [1.807, 2.05) is 41.1 Å². The highest BCUT2D eigenvalue weighted by Crippen LogP contribution is 2.37. The summed E-state index contributed by atoms with van der Waals surface area (Å²) in [5.41, 5.74) is 6.15. The second-order valence-corrected chi connectivity index (χ2v) is 11.8. The zero-order valence-corrected chi connectivity index (χ0v) is 25.9. The molecule has 0 atom stereocenters. The Hall–Kier alpha value is -5.80. The van der Waals surface area contributed by atoms with Crippen LogP contribution in [-0.4, -0.2) is 17.8 Å². The van der Waals surface area contributed by atoms with E-state index in [9.17, 15) is 4.79 Å². The third-order valence-corrected chi connectivity index (χ3v) is 9.09. The van der Waals surface area contributed by atoms with Crippen LogP contribution in [0.2, 0.25) is 0 Å². The Kier molecular flexibility index (Phi) is 6.80. The van der Waals surface area contributed by atoms with Crippen LogP contribution in [0.15, 0.2) is 149 Å². The number of hydrogen-bond acceptors (Lipinski definition) is 2. The Morgan fingerprint density at radius 1 is 0.630 bits per heavy atom. The summed E-state index contributed by atoms with van der Waals surface area (Å²) >= 11 is 0. The van der Waals surface area contributed by atoms with Gasteiger partial charge in [0.1, 0.15) is 0 Å². The van der Waals surface area contributed by atoms with Gasteiger partial charge in [-0.1, -0.05) is 104 Å². The van der Waals surface area contributed by atoms with Gasteiger partial charge < -0.3 is 0 Å². The summed E-state index contributed by atoms with van der Waals surface area (Å²) < 4.78 is 1.85. The molecule has 0 aliphatic rings. The molecule has 0 unspecified atom stereocenters. The second-order valence-electron chi connectivity index (χ2n) is 11.8. The second kappa shape index (κ2) is 11.3. The van der Waals surface area contributed by atoms with Gasteiger partial charge in [0.25, 0.3) is 5.56 Å². The summed E-state index contributed by atoms with van der Waals surface area (Å²) in [7, 11) is 1.79. The van der Waals surface area contributed by atoms with Crippen molar-refractivity contribution in [3.05, 3.63) is 155 Å². The van der Waals surface area contributed by atoms with E-state index >= 15 is 0 Å². The molecule has 0 aliphatic carbocycles. The molecule has 0 fully saturated rings. The highest BCUT2D eigenvalue weighted by molar-refractivity contribution is 6.16. The predicted molar refractivity (Wildman–Crippen MR) is 198 cm³/mol. The van der Waals surface area contributed by atoms with Crippen molar-refractivity contribution in [2.75, 3.05) is 7.05 Å². The Morgan fingerprint density at radius 3 is 2.13 bits per heavy atom.